The van der Waals surface area contributed by atoms with E-state index in [4.69, 9.17) is 11.8 Å². The van der Waals surface area contributed by atoms with Gasteiger partial charge in [-0.15, -0.1) is 0 Å². The molecule has 0 heterocycles. The Bertz CT molecular complexity index is 47.7. The Kier molecular flexibility index (Phi) is 6.16. The lowest BCUT2D eigenvalue weighted by Gasteiger charge is -2.08. The van der Waals surface area contributed by atoms with E-state index in [0.29, 0.717) is 6.04 Å². The van der Waals surface area contributed by atoms with Crippen LogP contribution in [0.1, 0.15) is 13.3 Å². The molecule has 0 aliphatic carbocycles. The molecule has 0 bridgehead atoms. The van der Waals surface area contributed by atoms with E-state index in [0.717, 1.165) is 12.2 Å². The molecule has 0 saturated heterocycles. The minimum Gasteiger partial charge on any atom is -0.230 e. The maximum Gasteiger partial charge on any atom is 0.0308 e. The highest BCUT2D eigenvalue weighted by Gasteiger charge is 1.99. The van der Waals surface area contributed by atoms with Gasteiger partial charge in [0.05, 0.1) is 0 Å². The molecule has 0 rings (SSSR count). The summed E-state index contributed by atoms with van der Waals surface area (Å²) in [6.45, 7) is 2.12. The molecule has 0 aromatic heterocycles. The second kappa shape index (κ2) is 5.73. The zero-order valence-electron chi connectivity index (χ0n) is 5.28. The van der Waals surface area contributed by atoms with Crippen LogP contribution in [-0.2, 0) is 0 Å². The van der Waals surface area contributed by atoms with E-state index in [-0.39, 0.29) is 0 Å². The largest absolute Gasteiger partial charge is 0.230 e. The summed E-state index contributed by atoms with van der Waals surface area (Å²) in [4.78, 5) is 2.70. The fraction of sp³-hybridized carbons (Fsp3) is 1.00. The van der Waals surface area contributed by atoms with Gasteiger partial charge in [-0.2, -0.15) is 11.8 Å². The lowest BCUT2D eigenvalue weighted by molar-refractivity contribution is 0.672. The molecule has 3 heteroatoms. The van der Waals surface area contributed by atoms with E-state index >= 15 is 0 Å². The summed E-state index contributed by atoms with van der Waals surface area (Å²) in [5, 5.41) is 0. The van der Waals surface area contributed by atoms with E-state index in [2.05, 4.69) is 18.0 Å². The van der Waals surface area contributed by atoms with Crippen LogP contribution in [-0.4, -0.2) is 18.1 Å². The Morgan fingerprint density at radius 1 is 1.75 bits per heavy atom. The Morgan fingerprint density at radius 2 is 2.38 bits per heavy atom. The van der Waals surface area contributed by atoms with Gasteiger partial charge in [-0.3, -0.25) is 0 Å². The van der Waals surface area contributed by atoms with Crippen molar-refractivity contribution in [1.82, 2.24) is 4.84 Å². The fourth-order valence-electron chi connectivity index (χ4n) is 0.428. The minimum absolute atomic E-state index is 0.478. The first-order valence-corrected chi connectivity index (χ1v) is 4.47. The molecule has 0 fully saturated rings. The van der Waals surface area contributed by atoms with Gasteiger partial charge >= 0.3 is 0 Å². The maximum atomic E-state index is 5.38. The van der Waals surface area contributed by atoms with Crippen LogP contribution in [0.2, 0.25) is 0 Å². The van der Waals surface area contributed by atoms with Crippen LogP contribution >= 0.6 is 23.5 Å². The van der Waals surface area contributed by atoms with Crippen LogP contribution in [0.25, 0.3) is 0 Å². The summed E-state index contributed by atoms with van der Waals surface area (Å²) in [7, 11) is 0. The highest BCUT2D eigenvalue weighted by Crippen LogP contribution is 2.00. The molecular weight excluding hydrogens is 142 g/mol. The van der Waals surface area contributed by atoms with Gasteiger partial charge in [-0.25, -0.2) is 4.84 Å². The molecule has 0 spiro atoms. The van der Waals surface area contributed by atoms with Crippen LogP contribution in [0, 0.1) is 0 Å². The fourth-order valence-corrected chi connectivity index (χ4v) is 1.47. The summed E-state index contributed by atoms with van der Waals surface area (Å²) in [5.74, 6) is 1.10. The van der Waals surface area contributed by atoms with Crippen molar-refractivity contribution in [2.24, 2.45) is 0 Å². The summed E-state index contributed by atoms with van der Waals surface area (Å²) in [6, 6.07) is 0.478. The Hall–Kier alpha value is 0.600. The predicted molar refractivity (Wildman–Crippen MR) is 41.4 cm³/mol. The molecule has 1 N–H and O–H groups in total. The summed E-state index contributed by atoms with van der Waals surface area (Å²) in [6.07, 6.45) is 3.18. The first-order valence-electron chi connectivity index (χ1n) is 2.70. The van der Waals surface area contributed by atoms with Crippen molar-refractivity contribution in [2.45, 2.75) is 19.4 Å². The number of halogens is 1. The Balaban J connectivity index is 3.07. The monoisotopic (exact) mass is 153 g/mol. The van der Waals surface area contributed by atoms with E-state index < -0.39 is 0 Å². The molecule has 8 heavy (non-hydrogen) atoms. The third kappa shape index (κ3) is 3.58. The molecule has 1 atom stereocenters. The van der Waals surface area contributed by atoms with Crippen LogP contribution in [0.15, 0.2) is 0 Å². The number of hydrogen-bond acceptors (Lipinski definition) is 2. The van der Waals surface area contributed by atoms with Crippen LogP contribution in [0.4, 0.5) is 0 Å². The zero-order valence-corrected chi connectivity index (χ0v) is 6.85. The SMILES string of the molecule is CC[C@H](CSC)NCl. The number of rotatable bonds is 4. The zero-order chi connectivity index (χ0) is 6.41. The Labute approximate surface area is 60.3 Å². The number of thioether (sulfide) groups is 1. The topological polar surface area (TPSA) is 12.0 Å². The van der Waals surface area contributed by atoms with E-state index in [1.807, 2.05) is 11.8 Å². The molecular formula is C5H12ClNS. The van der Waals surface area contributed by atoms with E-state index in [1.54, 1.807) is 0 Å². The van der Waals surface area contributed by atoms with Crippen molar-refractivity contribution in [3.8, 4) is 0 Å². The number of nitrogens with one attached hydrogen (secondary N) is 1. The van der Waals surface area contributed by atoms with Gasteiger partial charge < -0.3 is 0 Å². The Morgan fingerprint density at radius 3 is 2.50 bits per heavy atom. The van der Waals surface area contributed by atoms with Crippen molar-refractivity contribution >= 4 is 23.5 Å². The van der Waals surface area contributed by atoms with Gasteiger partial charge in [0.2, 0.25) is 0 Å². The second-order valence-electron chi connectivity index (χ2n) is 1.67. The van der Waals surface area contributed by atoms with Crippen molar-refractivity contribution < 1.29 is 0 Å². The minimum atomic E-state index is 0.478. The molecule has 0 aliphatic rings. The standard InChI is InChI=1S/C5H12ClNS/c1-3-5(7-6)4-8-2/h5,7H,3-4H2,1-2H3/t5-/m1/s1. The summed E-state index contributed by atoms with van der Waals surface area (Å²) >= 11 is 7.20. The lowest BCUT2D eigenvalue weighted by atomic mass is 10.3. The average molecular weight is 154 g/mol. The summed E-state index contributed by atoms with van der Waals surface area (Å²) < 4.78 is 0. The van der Waals surface area contributed by atoms with Gasteiger partial charge in [0.1, 0.15) is 0 Å². The smallest absolute Gasteiger partial charge is 0.0308 e. The van der Waals surface area contributed by atoms with Gasteiger partial charge in [-0.1, -0.05) is 6.92 Å². The van der Waals surface area contributed by atoms with Gasteiger partial charge in [0, 0.05) is 11.8 Å². The van der Waals surface area contributed by atoms with Gasteiger partial charge in [0.15, 0.2) is 0 Å². The first-order chi connectivity index (χ1) is 3.85. The van der Waals surface area contributed by atoms with Crippen molar-refractivity contribution in [3.05, 3.63) is 0 Å². The molecule has 0 saturated carbocycles. The summed E-state index contributed by atoms with van der Waals surface area (Å²) in [5.41, 5.74) is 0. The van der Waals surface area contributed by atoms with Crippen LogP contribution in [0.5, 0.6) is 0 Å². The molecule has 0 aliphatic heterocycles. The molecule has 1 nitrogen and oxygen atoms in total. The molecule has 0 unspecified atom stereocenters. The third-order valence-corrected chi connectivity index (χ3v) is 2.06. The van der Waals surface area contributed by atoms with Crippen LogP contribution < -0.4 is 4.84 Å². The highest BCUT2D eigenvalue weighted by molar-refractivity contribution is 7.98. The van der Waals surface area contributed by atoms with E-state index in [9.17, 15) is 0 Å². The normalized spacial score (nSPS) is 13.9. The average Bonchev–Trinajstić information content (AvgIpc) is 1.83. The van der Waals surface area contributed by atoms with Crippen molar-refractivity contribution in [2.75, 3.05) is 12.0 Å². The third-order valence-electron chi connectivity index (χ3n) is 1.01. The van der Waals surface area contributed by atoms with Crippen molar-refractivity contribution in [3.63, 3.8) is 0 Å². The predicted octanol–water partition coefficient (Wildman–Crippen LogP) is 1.87. The van der Waals surface area contributed by atoms with Crippen molar-refractivity contribution in [1.29, 1.82) is 0 Å². The van der Waals surface area contributed by atoms with Gasteiger partial charge in [0.25, 0.3) is 0 Å². The lowest BCUT2D eigenvalue weighted by Crippen LogP contribution is -2.21. The first kappa shape index (κ1) is 8.60. The molecule has 0 amide bonds. The second-order valence-corrected chi connectivity index (χ2v) is 2.80. The molecule has 0 aromatic rings. The molecule has 0 aromatic carbocycles. The van der Waals surface area contributed by atoms with E-state index in [1.165, 1.54) is 0 Å². The van der Waals surface area contributed by atoms with Crippen LogP contribution in [0.3, 0.4) is 0 Å². The quantitative estimate of drug-likeness (QED) is 0.619. The van der Waals surface area contributed by atoms with Gasteiger partial charge in [-0.05, 0) is 24.5 Å². The molecule has 50 valence electrons. The molecule has 0 radical (unpaired) electrons. The number of hydrogen-bond donors (Lipinski definition) is 1. The maximum absolute atomic E-state index is 5.38. The highest BCUT2D eigenvalue weighted by atomic mass is 35.5.